The van der Waals surface area contributed by atoms with Gasteiger partial charge in [-0.25, -0.2) is 14.7 Å². The molecule has 1 unspecified atom stereocenters. The second-order valence-electron chi connectivity index (χ2n) is 11.4. The molecule has 1 saturated heterocycles. The van der Waals surface area contributed by atoms with E-state index in [-0.39, 0.29) is 27.4 Å². The number of nitrogens with zero attached hydrogens (tertiary/aromatic N) is 3. The van der Waals surface area contributed by atoms with Crippen LogP contribution in [-0.2, 0) is 20.2 Å². The summed E-state index contributed by atoms with van der Waals surface area (Å²) in [6, 6.07) is 5.99. The molecule has 2 aromatic heterocycles. The smallest absolute Gasteiger partial charge is 0.281 e. The van der Waals surface area contributed by atoms with Crippen LogP contribution < -0.4 is 15.4 Å². The molecule has 0 spiro atoms. The van der Waals surface area contributed by atoms with Gasteiger partial charge in [-0.2, -0.15) is 8.42 Å². The number of rotatable bonds is 5. The first-order valence-corrected chi connectivity index (χ1v) is 14.2. The number of nitrogens with two attached hydrogens (primary N) is 1. The predicted octanol–water partition coefficient (Wildman–Crippen LogP) is 4.25. The van der Waals surface area contributed by atoms with Gasteiger partial charge in [0.2, 0.25) is 0 Å². The van der Waals surface area contributed by atoms with Gasteiger partial charge in [-0.05, 0) is 63.3 Å². The summed E-state index contributed by atoms with van der Waals surface area (Å²) < 4.78 is 34.3. The highest BCUT2D eigenvalue weighted by molar-refractivity contribution is 7.90. The maximum absolute atomic E-state index is 13.7. The number of hydrogen-bond donors (Lipinski definition) is 2. The predicted molar refractivity (Wildman–Crippen MR) is 145 cm³/mol. The van der Waals surface area contributed by atoms with E-state index in [4.69, 9.17) is 15.5 Å². The lowest BCUT2D eigenvalue weighted by Crippen LogP contribution is -2.44. The first-order valence-electron chi connectivity index (χ1n) is 12.7. The Balaban J connectivity index is 1.89. The number of nitrogen functional groups attached to an aromatic ring is 1. The Morgan fingerprint density at radius 1 is 1.24 bits per heavy atom. The first-order chi connectivity index (χ1) is 17.2. The number of allylic oxidation sites excluding steroid dienone is 1. The SMILES string of the molecule is CC1CCN(c2nc(C(C)(C)C)c(C3=CCCCO3)cc2C(=O)NS(=O)(=O)c2cccc(N)n2)C1(C)C. The van der Waals surface area contributed by atoms with E-state index in [1.54, 1.807) is 6.07 Å². The highest BCUT2D eigenvalue weighted by Crippen LogP contribution is 2.41. The van der Waals surface area contributed by atoms with Crippen molar-refractivity contribution in [3.63, 3.8) is 0 Å². The Kier molecular flexibility index (Phi) is 7.00. The molecule has 0 bridgehead atoms. The first kappa shape index (κ1) is 26.9. The molecule has 2 aliphatic rings. The molecule has 0 radical (unpaired) electrons. The van der Waals surface area contributed by atoms with Crippen LogP contribution in [0.3, 0.4) is 0 Å². The number of amides is 1. The molecule has 9 nitrogen and oxygen atoms in total. The van der Waals surface area contributed by atoms with Crippen LogP contribution in [0, 0.1) is 5.92 Å². The van der Waals surface area contributed by atoms with Crippen molar-refractivity contribution in [2.45, 2.75) is 76.8 Å². The molecule has 1 fully saturated rings. The second-order valence-corrected chi connectivity index (χ2v) is 13.0. The van der Waals surface area contributed by atoms with Crippen LogP contribution in [0.5, 0.6) is 0 Å². The summed E-state index contributed by atoms with van der Waals surface area (Å²) in [6.07, 6.45) is 4.71. The lowest BCUT2D eigenvalue weighted by Gasteiger charge is -2.38. The Morgan fingerprint density at radius 2 is 1.97 bits per heavy atom. The van der Waals surface area contributed by atoms with Gasteiger partial charge in [0.1, 0.15) is 17.4 Å². The molecule has 3 N–H and O–H groups in total. The number of pyridine rings is 2. The van der Waals surface area contributed by atoms with E-state index in [2.05, 4.69) is 56.1 Å². The summed E-state index contributed by atoms with van der Waals surface area (Å²) in [4.78, 5) is 24.8. The molecule has 4 heterocycles. The summed E-state index contributed by atoms with van der Waals surface area (Å²) in [6.45, 7) is 13.9. The van der Waals surface area contributed by atoms with Crippen LogP contribution in [-0.4, -0.2) is 43.0 Å². The number of aromatic nitrogens is 2. The zero-order chi connectivity index (χ0) is 27.2. The zero-order valence-electron chi connectivity index (χ0n) is 22.5. The summed E-state index contributed by atoms with van der Waals surface area (Å²) in [5.74, 6) is 0.753. The van der Waals surface area contributed by atoms with Gasteiger partial charge in [0.15, 0.2) is 5.03 Å². The summed E-state index contributed by atoms with van der Waals surface area (Å²) in [5, 5.41) is -0.324. The van der Waals surface area contributed by atoms with Gasteiger partial charge in [0.25, 0.3) is 15.9 Å². The van der Waals surface area contributed by atoms with E-state index in [0.29, 0.717) is 36.2 Å². The van der Waals surface area contributed by atoms with E-state index < -0.39 is 15.9 Å². The molecule has 0 saturated carbocycles. The number of nitrogens with one attached hydrogen (secondary N) is 1. The van der Waals surface area contributed by atoms with Crippen molar-refractivity contribution in [3.8, 4) is 0 Å². The van der Waals surface area contributed by atoms with E-state index >= 15 is 0 Å². The molecule has 0 aliphatic carbocycles. The lowest BCUT2D eigenvalue weighted by atomic mass is 9.86. The largest absolute Gasteiger partial charge is 0.493 e. The third-order valence-electron chi connectivity index (χ3n) is 7.35. The highest BCUT2D eigenvalue weighted by Gasteiger charge is 2.42. The van der Waals surface area contributed by atoms with Gasteiger partial charge in [0, 0.05) is 23.1 Å². The minimum absolute atomic E-state index is 0.0451. The molecule has 200 valence electrons. The topological polar surface area (TPSA) is 128 Å². The maximum atomic E-state index is 13.7. The minimum atomic E-state index is -4.27. The van der Waals surface area contributed by atoms with E-state index in [0.717, 1.165) is 25.0 Å². The van der Waals surface area contributed by atoms with Gasteiger partial charge in [-0.3, -0.25) is 4.79 Å². The van der Waals surface area contributed by atoms with Crippen molar-refractivity contribution < 1.29 is 17.9 Å². The normalized spacial score (nSPS) is 19.8. The third kappa shape index (κ3) is 5.30. The van der Waals surface area contributed by atoms with Crippen LogP contribution in [0.2, 0.25) is 0 Å². The van der Waals surface area contributed by atoms with Gasteiger partial charge < -0.3 is 15.4 Å². The molecule has 2 aliphatic heterocycles. The Morgan fingerprint density at radius 3 is 2.54 bits per heavy atom. The summed E-state index contributed by atoms with van der Waals surface area (Å²) in [5.41, 5.74) is 6.71. The number of carbonyl (C=O) groups excluding carboxylic acids is 1. The van der Waals surface area contributed by atoms with Crippen molar-refractivity contribution in [2.24, 2.45) is 5.92 Å². The van der Waals surface area contributed by atoms with Crippen LogP contribution in [0.4, 0.5) is 11.6 Å². The Hall–Kier alpha value is -3.14. The van der Waals surface area contributed by atoms with E-state index in [9.17, 15) is 13.2 Å². The van der Waals surface area contributed by atoms with Crippen molar-refractivity contribution in [2.75, 3.05) is 23.8 Å². The van der Waals surface area contributed by atoms with Gasteiger partial charge in [-0.15, -0.1) is 0 Å². The fourth-order valence-electron chi connectivity index (χ4n) is 4.80. The van der Waals surface area contributed by atoms with Gasteiger partial charge in [0.05, 0.1) is 17.9 Å². The van der Waals surface area contributed by atoms with Crippen LogP contribution >= 0.6 is 0 Å². The van der Waals surface area contributed by atoms with Crippen LogP contribution in [0.1, 0.15) is 82.4 Å². The van der Waals surface area contributed by atoms with Crippen LogP contribution in [0.25, 0.3) is 5.76 Å². The Labute approximate surface area is 219 Å². The molecule has 0 aromatic carbocycles. The molecule has 2 aromatic rings. The molecule has 1 atom stereocenters. The number of ether oxygens (including phenoxy) is 1. The lowest BCUT2D eigenvalue weighted by molar-refractivity contribution is 0.0981. The molecule has 37 heavy (non-hydrogen) atoms. The van der Waals surface area contributed by atoms with Crippen LogP contribution in [0.15, 0.2) is 35.4 Å². The average molecular weight is 528 g/mol. The average Bonchev–Trinajstić information content (AvgIpc) is 3.09. The molecule has 1 amide bonds. The molecular formula is C27H37N5O4S. The molecular weight excluding hydrogens is 490 g/mol. The maximum Gasteiger partial charge on any atom is 0.281 e. The molecule has 10 heteroatoms. The minimum Gasteiger partial charge on any atom is -0.493 e. The zero-order valence-corrected chi connectivity index (χ0v) is 23.3. The number of sulfonamides is 1. The summed E-state index contributed by atoms with van der Waals surface area (Å²) in [7, 11) is -4.27. The fraction of sp³-hybridized carbons (Fsp3) is 0.519. The van der Waals surface area contributed by atoms with E-state index in [1.807, 2.05) is 6.08 Å². The Bertz CT molecular complexity index is 1350. The van der Waals surface area contributed by atoms with Crippen molar-refractivity contribution in [1.29, 1.82) is 0 Å². The van der Waals surface area contributed by atoms with E-state index in [1.165, 1.54) is 18.2 Å². The fourth-order valence-corrected chi connectivity index (χ4v) is 5.74. The van der Waals surface area contributed by atoms with Crippen molar-refractivity contribution >= 4 is 33.3 Å². The summed E-state index contributed by atoms with van der Waals surface area (Å²) >= 11 is 0. The third-order valence-corrected chi connectivity index (χ3v) is 8.58. The molecule has 4 rings (SSSR count). The van der Waals surface area contributed by atoms with Gasteiger partial charge in [-0.1, -0.05) is 33.8 Å². The highest BCUT2D eigenvalue weighted by atomic mass is 32.2. The van der Waals surface area contributed by atoms with Crippen molar-refractivity contribution in [3.05, 3.63) is 47.2 Å². The number of anilines is 2. The number of hydrogen-bond acceptors (Lipinski definition) is 8. The number of carbonyl (C=O) groups is 1. The standard InChI is InChI=1S/C27H37N5O4S/c1-17-13-14-32(27(17,5)6)24-19(25(33)31-37(34,35)22-12-9-11-21(28)29-22)16-18(20-10-7-8-15-36-20)23(30-24)26(2,3)4/h9-12,16-17H,7-8,13-15H2,1-6H3,(H2,28,29)(H,31,33). The van der Waals surface area contributed by atoms with Gasteiger partial charge >= 0.3 is 0 Å². The monoisotopic (exact) mass is 527 g/mol. The van der Waals surface area contributed by atoms with Crippen molar-refractivity contribution in [1.82, 2.24) is 14.7 Å². The second kappa shape index (κ2) is 9.63. The quantitative estimate of drug-likeness (QED) is 0.591.